The summed E-state index contributed by atoms with van der Waals surface area (Å²) < 4.78 is 11.8. The zero-order chi connectivity index (χ0) is 23.2. The Bertz CT molecular complexity index is 1260. The number of nitrogens with zero attached hydrogens (tertiary/aromatic N) is 4. The third-order valence-electron chi connectivity index (χ3n) is 4.71. The van der Waals surface area contributed by atoms with E-state index in [4.69, 9.17) is 9.47 Å². The van der Waals surface area contributed by atoms with Crippen molar-refractivity contribution in [2.75, 3.05) is 24.4 Å². The number of unbranched alkanes of at least 4 members (excludes halogenated alkanes) is 1. The molecule has 2 N–H and O–H groups in total. The number of nitrogens with one attached hydrogen (secondary N) is 2. The van der Waals surface area contributed by atoms with Gasteiger partial charge in [0.05, 0.1) is 28.9 Å². The van der Waals surface area contributed by atoms with E-state index in [2.05, 4.69) is 32.5 Å². The number of benzene rings is 2. The van der Waals surface area contributed by atoms with Gasteiger partial charge in [0.15, 0.2) is 5.13 Å². The number of rotatable bonds is 10. The highest BCUT2D eigenvalue weighted by atomic mass is 32.1. The van der Waals surface area contributed by atoms with Crippen LogP contribution in [0.25, 0.3) is 10.2 Å². The predicted octanol–water partition coefficient (Wildman–Crippen LogP) is 5.67. The molecular weight excluding hydrogens is 444 g/mol. The lowest BCUT2D eigenvalue weighted by Gasteiger charge is -2.10. The smallest absolute Gasteiger partial charge is 0.353 e. The second kappa shape index (κ2) is 10.1. The van der Waals surface area contributed by atoms with Crippen LogP contribution in [0, 0.1) is 10.1 Å². The second-order valence-electron chi connectivity index (χ2n) is 7.01. The summed E-state index contributed by atoms with van der Waals surface area (Å²) in [6, 6.07) is 12.7. The summed E-state index contributed by atoms with van der Waals surface area (Å²) >= 11 is 1.34. The monoisotopic (exact) mass is 466 g/mol. The zero-order valence-electron chi connectivity index (χ0n) is 18.1. The molecule has 4 rings (SSSR count). The molecule has 0 unspecified atom stereocenters. The molecule has 0 radical (unpaired) electrons. The molecule has 0 aliphatic rings. The minimum absolute atomic E-state index is 0.0445. The molecule has 170 valence electrons. The molecule has 0 spiro atoms. The molecule has 0 atom stereocenters. The maximum Gasteiger partial charge on any atom is 0.353 e. The average molecular weight is 467 g/mol. The van der Waals surface area contributed by atoms with Crippen molar-refractivity contribution < 1.29 is 14.4 Å². The van der Waals surface area contributed by atoms with Crippen molar-refractivity contribution in [3.05, 3.63) is 58.9 Å². The number of aromatic nitrogens is 3. The highest BCUT2D eigenvalue weighted by molar-refractivity contribution is 7.22. The van der Waals surface area contributed by atoms with Gasteiger partial charge in [-0.1, -0.05) is 24.7 Å². The average Bonchev–Trinajstić information content (AvgIpc) is 3.21. The van der Waals surface area contributed by atoms with Crippen LogP contribution in [-0.2, 0) is 0 Å². The third kappa shape index (κ3) is 5.26. The van der Waals surface area contributed by atoms with Crippen LogP contribution in [-0.4, -0.2) is 33.6 Å². The van der Waals surface area contributed by atoms with E-state index in [-0.39, 0.29) is 17.3 Å². The number of hydrogen-bond donors (Lipinski definition) is 2. The van der Waals surface area contributed by atoms with Gasteiger partial charge in [0, 0.05) is 5.69 Å². The van der Waals surface area contributed by atoms with Crippen molar-refractivity contribution >= 4 is 49.7 Å². The van der Waals surface area contributed by atoms with Crippen molar-refractivity contribution in [1.29, 1.82) is 0 Å². The second-order valence-corrected chi connectivity index (χ2v) is 8.04. The van der Waals surface area contributed by atoms with Gasteiger partial charge in [-0.15, -0.1) is 0 Å². The Morgan fingerprint density at radius 2 is 1.79 bits per heavy atom. The van der Waals surface area contributed by atoms with Gasteiger partial charge in [0.2, 0.25) is 11.6 Å². The SMILES string of the molecule is CCCCOc1ccc(Nc2ncnc(Nc3nc4ccc(OC)cc4s3)c2[N+](=O)[O-])cc1. The summed E-state index contributed by atoms with van der Waals surface area (Å²) in [6.07, 6.45) is 3.29. The minimum Gasteiger partial charge on any atom is -0.497 e. The lowest BCUT2D eigenvalue weighted by Crippen LogP contribution is -2.05. The van der Waals surface area contributed by atoms with Gasteiger partial charge < -0.3 is 20.1 Å². The number of hydrogen-bond acceptors (Lipinski definition) is 10. The van der Waals surface area contributed by atoms with E-state index in [1.54, 1.807) is 37.4 Å². The Hall–Kier alpha value is -3.99. The number of anilines is 4. The Morgan fingerprint density at radius 3 is 2.48 bits per heavy atom. The summed E-state index contributed by atoms with van der Waals surface area (Å²) in [4.78, 5) is 24.0. The van der Waals surface area contributed by atoms with Crippen LogP contribution >= 0.6 is 11.3 Å². The van der Waals surface area contributed by atoms with Crippen molar-refractivity contribution in [2.24, 2.45) is 0 Å². The summed E-state index contributed by atoms with van der Waals surface area (Å²) in [5.41, 5.74) is 1.11. The van der Waals surface area contributed by atoms with Gasteiger partial charge >= 0.3 is 5.69 Å². The number of fused-ring (bicyclic) bond motifs is 1. The largest absolute Gasteiger partial charge is 0.497 e. The van der Waals surface area contributed by atoms with Crippen molar-refractivity contribution in [3.63, 3.8) is 0 Å². The van der Waals surface area contributed by atoms with Crippen LogP contribution in [0.2, 0.25) is 0 Å². The molecule has 0 aliphatic heterocycles. The van der Waals surface area contributed by atoms with Gasteiger partial charge in [-0.05, 0) is 48.9 Å². The molecule has 2 heterocycles. The van der Waals surface area contributed by atoms with Crippen LogP contribution in [0.5, 0.6) is 11.5 Å². The van der Waals surface area contributed by atoms with Crippen molar-refractivity contribution in [2.45, 2.75) is 19.8 Å². The van der Waals surface area contributed by atoms with Gasteiger partial charge in [-0.25, -0.2) is 15.0 Å². The first-order chi connectivity index (χ1) is 16.1. The number of ether oxygens (including phenoxy) is 2. The zero-order valence-corrected chi connectivity index (χ0v) is 18.9. The lowest BCUT2D eigenvalue weighted by atomic mass is 10.3. The summed E-state index contributed by atoms with van der Waals surface area (Å²) in [7, 11) is 1.59. The van der Waals surface area contributed by atoms with Gasteiger partial charge in [0.25, 0.3) is 0 Å². The number of thiazole rings is 1. The third-order valence-corrected chi connectivity index (χ3v) is 5.64. The highest BCUT2D eigenvalue weighted by Crippen LogP contribution is 2.36. The lowest BCUT2D eigenvalue weighted by molar-refractivity contribution is -0.383. The fourth-order valence-corrected chi connectivity index (χ4v) is 3.92. The maximum atomic E-state index is 11.9. The topological polar surface area (TPSA) is 124 Å². The van der Waals surface area contributed by atoms with Crippen LogP contribution < -0.4 is 20.1 Å². The molecule has 2 aromatic heterocycles. The first-order valence-electron chi connectivity index (χ1n) is 10.3. The van der Waals surface area contributed by atoms with Crippen molar-refractivity contribution in [1.82, 2.24) is 15.0 Å². The van der Waals surface area contributed by atoms with E-state index in [9.17, 15) is 10.1 Å². The summed E-state index contributed by atoms with van der Waals surface area (Å²) in [6.45, 7) is 2.75. The van der Waals surface area contributed by atoms with Gasteiger partial charge in [-0.2, -0.15) is 0 Å². The molecule has 0 bridgehead atoms. The Kier molecular flexibility index (Phi) is 6.79. The van der Waals surface area contributed by atoms with Crippen LogP contribution in [0.1, 0.15) is 19.8 Å². The summed E-state index contributed by atoms with van der Waals surface area (Å²) in [5, 5.41) is 18.3. The Morgan fingerprint density at radius 1 is 1.06 bits per heavy atom. The Labute approximate surface area is 193 Å². The van der Waals surface area contributed by atoms with E-state index < -0.39 is 4.92 Å². The summed E-state index contributed by atoms with van der Waals surface area (Å²) in [5.74, 6) is 1.56. The highest BCUT2D eigenvalue weighted by Gasteiger charge is 2.24. The fourth-order valence-electron chi connectivity index (χ4n) is 3.03. The molecule has 33 heavy (non-hydrogen) atoms. The van der Waals surface area contributed by atoms with E-state index in [0.717, 1.165) is 28.8 Å². The minimum atomic E-state index is -0.525. The van der Waals surface area contributed by atoms with Crippen LogP contribution in [0.15, 0.2) is 48.8 Å². The van der Waals surface area contributed by atoms with Gasteiger partial charge in [-0.3, -0.25) is 10.1 Å². The number of methoxy groups -OCH3 is 1. The normalized spacial score (nSPS) is 10.7. The van der Waals surface area contributed by atoms with Gasteiger partial charge in [0.1, 0.15) is 17.8 Å². The molecule has 0 aliphatic carbocycles. The van der Waals surface area contributed by atoms with Crippen LogP contribution in [0.3, 0.4) is 0 Å². The molecule has 0 amide bonds. The van der Waals surface area contributed by atoms with E-state index in [1.165, 1.54) is 17.7 Å². The first-order valence-corrected chi connectivity index (χ1v) is 11.1. The quantitative estimate of drug-likeness (QED) is 0.173. The van der Waals surface area contributed by atoms with E-state index >= 15 is 0 Å². The predicted molar refractivity (Wildman–Crippen MR) is 128 cm³/mol. The number of nitro groups is 1. The van der Waals surface area contributed by atoms with Crippen LogP contribution in [0.4, 0.5) is 28.1 Å². The van der Waals surface area contributed by atoms with E-state index in [0.29, 0.717) is 23.2 Å². The van der Waals surface area contributed by atoms with Crippen molar-refractivity contribution in [3.8, 4) is 11.5 Å². The molecule has 11 heteroatoms. The molecule has 4 aromatic rings. The molecule has 10 nitrogen and oxygen atoms in total. The molecule has 0 saturated heterocycles. The van der Waals surface area contributed by atoms with E-state index in [1.807, 2.05) is 12.1 Å². The molecule has 0 saturated carbocycles. The molecule has 2 aromatic carbocycles. The molecule has 0 fully saturated rings. The molecular formula is C22H22N6O4S. The first kappa shape index (κ1) is 22.2. The fraction of sp³-hybridized carbons (Fsp3) is 0.227. The maximum absolute atomic E-state index is 11.9. The standard InChI is InChI=1S/C22H22N6O4S/c1-3-4-11-32-15-7-5-14(6-8-15)25-20-19(28(29)30)21(24-13-23-20)27-22-26-17-10-9-16(31-2)12-18(17)33-22/h5-10,12-13H,3-4,11H2,1-2H3,(H2,23,24,25,26,27). The Balaban J connectivity index is 1.56.